The van der Waals surface area contributed by atoms with Gasteiger partial charge in [0.2, 0.25) is 0 Å². The first-order chi connectivity index (χ1) is 21.7. The van der Waals surface area contributed by atoms with Crippen molar-refractivity contribution in [3.05, 3.63) is 35.4 Å². The summed E-state index contributed by atoms with van der Waals surface area (Å²) in [5, 5.41) is 25.8. The number of fused-ring (bicyclic) bond motifs is 2. The van der Waals surface area contributed by atoms with Crippen molar-refractivity contribution in [3.8, 4) is 17.2 Å². The maximum absolute atomic E-state index is 13.9. The van der Waals surface area contributed by atoms with Crippen LogP contribution in [0.3, 0.4) is 0 Å². The van der Waals surface area contributed by atoms with Crippen LogP contribution in [0.4, 0.5) is 32.8 Å². The molecule has 1 aliphatic carbocycles. The molecule has 11 nitrogen and oxygen atoms in total. The van der Waals surface area contributed by atoms with Gasteiger partial charge < -0.3 is 40.0 Å². The first-order valence-corrected chi connectivity index (χ1v) is 15.2. The second-order valence-corrected chi connectivity index (χ2v) is 11.9. The Labute approximate surface area is 263 Å². The molecule has 2 aliphatic rings. The minimum absolute atomic E-state index is 0.0163. The van der Waals surface area contributed by atoms with Gasteiger partial charge in [-0.1, -0.05) is 18.3 Å². The summed E-state index contributed by atoms with van der Waals surface area (Å²) in [6, 6.07) is 4.98. The van der Waals surface area contributed by atoms with Crippen LogP contribution < -0.4 is 29.7 Å². The summed E-state index contributed by atoms with van der Waals surface area (Å²) in [4.78, 5) is 33.7. The van der Waals surface area contributed by atoms with Crippen LogP contribution in [0.1, 0.15) is 59.7 Å². The first-order valence-electron chi connectivity index (χ1n) is 14.4. The third-order valence-corrected chi connectivity index (χ3v) is 8.89. The molecule has 2 heterocycles. The number of rotatable bonds is 10. The van der Waals surface area contributed by atoms with Gasteiger partial charge in [-0.3, -0.25) is 9.59 Å². The van der Waals surface area contributed by atoms with Crippen LogP contribution in [0.2, 0.25) is 0 Å². The molecule has 1 saturated carbocycles. The number of hydrogen-bond donors (Lipinski definition) is 4. The van der Waals surface area contributed by atoms with Crippen molar-refractivity contribution in [2.45, 2.75) is 57.2 Å². The second kappa shape index (κ2) is 12.7. The minimum atomic E-state index is -4.46. The summed E-state index contributed by atoms with van der Waals surface area (Å²) >= 11 is 1.16. The second-order valence-electron chi connectivity index (χ2n) is 11.0. The zero-order chi connectivity index (χ0) is 33.4. The van der Waals surface area contributed by atoms with Gasteiger partial charge in [0.1, 0.15) is 17.0 Å². The van der Waals surface area contributed by atoms with E-state index in [1.165, 1.54) is 13.2 Å². The molecule has 250 valence electrons. The third kappa shape index (κ3) is 6.90. The fourth-order valence-corrected chi connectivity index (χ4v) is 6.63. The van der Waals surface area contributed by atoms with Gasteiger partial charge in [0, 0.05) is 19.2 Å². The zero-order valence-corrected chi connectivity index (χ0v) is 25.5. The Kier molecular flexibility index (Phi) is 9.21. The highest BCUT2D eigenvalue weighted by atomic mass is 32.1. The van der Waals surface area contributed by atoms with Crippen LogP contribution in [0.15, 0.2) is 24.3 Å². The number of aliphatic hydroxyl groups is 2. The van der Waals surface area contributed by atoms with E-state index in [9.17, 15) is 41.8 Å². The Bertz CT molecular complexity index is 1620. The number of ether oxygens (including phenoxy) is 3. The molecule has 0 spiro atoms. The number of benzene rings is 2. The van der Waals surface area contributed by atoms with E-state index in [0.29, 0.717) is 28.4 Å². The number of alkyl halides is 5. The van der Waals surface area contributed by atoms with E-state index in [1.54, 1.807) is 6.07 Å². The van der Waals surface area contributed by atoms with Gasteiger partial charge in [-0.05, 0) is 50.3 Å². The number of carbonyl (C=O) groups is 2. The molecule has 1 aromatic heterocycles. The summed E-state index contributed by atoms with van der Waals surface area (Å²) < 4.78 is 82.2. The van der Waals surface area contributed by atoms with Crippen molar-refractivity contribution in [2.75, 3.05) is 37.0 Å². The highest BCUT2D eigenvalue weighted by molar-refractivity contribution is 7.22. The molecule has 0 saturated heterocycles. The average molecular weight is 675 g/mol. The lowest BCUT2D eigenvalue weighted by Gasteiger charge is -2.37. The normalized spacial score (nSPS) is 20.4. The number of thiazole rings is 1. The first kappa shape index (κ1) is 33.4. The Morgan fingerprint density at radius 2 is 1.80 bits per heavy atom. The summed E-state index contributed by atoms with van der Waals surface area (Å²) in [5.74, 6) is -4.41. The standard InChI is InChI=1S/C29H31F5N4O7S/c1-3-10-38(11-12-39)26-36-17-4-5-19(43-2)22(23(17)46-26)25(41)35-18-14-21-20(44-29(33,34)45-21)13-16(18)24(40)37-27(42)8-6-15(7-9-27)28(30,31)32/h4-5,13-15,39,42H,3,6-12H2,1-2H3,(H,35,41)(H,37,40). The molecule has 1 fully saturated rings. The minimum Gasteiger partial charge on any atom is -0.496 e. The summed E-state index contributed by atoms with van der Waals surface area (Å²) in [6.45, 7) is 2.72. The largest absolute Gasteiger partial charge is 0.586 e. The molecule has 1 aliphatic heterocycles. The highest BCUT2D eigenvalue weighted by Crippen LogP contribution is 2.45. The molecule has 4 N–H and O–H groups in total. The van der Waals surface area contributed by atoms with Crippen LogP contribution in [-0.2, 0) is 0 Å². The maximum Gasteiger partial charge on any atom is 0.586 e. The number of aromatic nitrogens is 1. The smallest absolute Gasteiger partial charge is 0.496 e. The van der Waals surface area contributed by atoms with Crippen molar-refractivity contribution in [1.29, 1.82) is 0 Å². The highest BCUT2D eigenvalue weighted by Gasteiger charge is 2.47. The fraction of sp³-hybridized carbons (Fsp3) is 0.483. The molecule has 3 aromatic rings. The third-order valence-electron chi connectivity index (χ3n) is 7.75. The molecule has 0 radical (unpaired) electrons. The van der Waals surface area contributed by atoms with Gasteiger partial charge in [0.15, 0.2) is 16.6 Å². The van der Waals surface area contributed by atoms with Gasteiger partial charge in [0.25, 0.3) is 11.8 Å². The number of anilines is 2. The van der Waals surface area contributed by atoms with Crippen LogP contribution in [0.5, 0.6) is 17.2 Å². The molecular formula is C29H31F5N4O7S. The number of hydrogen-bond acceptors (Lipinski definition) is 10. The molecule has 0 atom stereocenters. The van der Waals surface area contributed by atoms with Crippen molar-refractivity contribution >= 4 is 44.2 Å². The molecule has 2 aromatic carbocycles. The van der Waals surface area contributed by atoms with Crippen LogP contribution in [0, 0.1) is 5.92 Å². The lowest BCUT2D eigenvalue weighted by Crippen LogP contribution is -2.51. The number of carbonyl (C=O) groups excluding carboxylic acids is 2. The average Bonchev–Trinajstić information content (AvgIpc) is 3.54. The van der Waals surface area contributed by atoms with Crippen molar-refractivity contribution < 1.29 is 56.0 Å². The molecule has 17 heteroatoms. The molecule has 46 heavy (non-hydrogen) atoms. The summed E-state index contributed by atoms with van der Waals surface area (Å²) in [6.07, 6.45) is -9.46. The van der Waals surface area contributed by atoms with E-state index in [4.69, 9.17) is 4.74 Å². The number of aliphatic hydroxyl groups excluding tert-OH is 1. The molecule has 0 unspecified atom stereocenters. The van der Waals surface area contributed by atoms with Crippen LogP contribution >= 0.6 is 11.3 Å². The molecule has 5 rings (SSSR count). The topological polar surface area (TPSA) is 142 Å². The van der Waals surface area contributed by atoms with E-state index in [2.05, 4.69) is 25.1 Å². The van der Waals surface area contributed by atoms with E-state index in [1.807, 2.05) is 11.8 Å². The Morgan fingerprint density at radius 1 is 1.13 bits per heavy atom. The molecule has 2 amide bonds. The Hall–Kier alpha value is -3.96. The van der Waals surface area contributed by atoms with Gasteiger partial charge >= 0.3 is 12.5 Å². The SMILES string of the molecule is CCCN(CCO)c1nc2ccc(OC)c(C(=O)Nc3cc4c(cc3C(=O)NC3(O)CCC(C(F)(F)F)CC3)OC(F)(F)O4)c2s1. The number of nitrogens with one attached hydrogen (secondary N) is 2. The molecule has 0 bridgehead atoms. The van der Waals surface area contributed by atoms with Crippen molar-refractivity contribution in [3.63, 3.8) is 0 Å². The van der Waals surface area contributed by atoms with Crippen LogP contribution in [-0.4, -0.2) is 72.0 Å². The number of halogens is 5. The van der Waals surface area contributed by atoms with Crippen molar-refractivity contribution in [1.82, 2.24) is 10.3 Å². The lowest BCUT2D eigenvalue weighted by molar-refractivity contribution is -0.286. The number of amides is 2. The maximum atomic E-state index is 13.9. The van der Waals surface area contributed by atoms with E-state index in [0.717, 1.165) is 29.9 Å². The monoisotopic (exact) mass is 674 g/mol. The predicted molar refractivity (Wildman–Crippen MR) is 157 cm³/mol. The summed E-state index contributed by atoms with van der Waals surface area (Å²) in [7, 11) is 1.34. The zero-order valence-electron chi connectivity index (χ0n) is 24.7. The van der Waals surface area contributed by atoms with E-state index < -0.39 is 78.7 Å². The predicted octanol–water partition coefficient (Wildman–Crippen LogP) is 5.26. The number of methoxy groups -OCH3 is 1. The van der Waals surface area contributed by atoms with Crippen LogP contribution in [0.25, 0.3) is 10.2 Å². The van der Waals surface area contributed by atoms with E-state index in [-0.39, 0.29) is 23.6 Å². The van der Waals surface area contributed by atoms with Gasteiger partial charge in [0.05, 0.1) is 41.1 Å². The quantitative estimate of drug-likeness (QED) is 0.167. The van der Waals surface area contributed by atoms with E-state index >= 15 is 0 Å². The van der Waals surface area contributed by atoms with Gasteiger partial charge in [-0.2, -0.15) is 13.2 Å². The Balaban J connectivity index is 1.49. The molecular weight excluding hydrogens is 643 g/mol. The lowest BCUT2D eigenvalue weighted by atomic mass is 9.83. The fourth-order valence-electron chi connectivity index (χ4n) is 5.47. The Morgan fingerprint density at radius 3 is 2.41 bits per heavy atom. The van der Waals surface area contributed by atoms with Gasteiger partial charge in [-0.15, -0.1) is 8.78 Å². The van der Waals surface area contributed by atoms with Crippen molar-refractivity contribution in [2.24, 2.45) is 5.92 Å². The number of nitrogens with zero attached hydrogens (tertiary/aromatic N) is 2. The summed E-state index contributed by atoms with van der Waals surface area (Å²) in [5.41, 5.74) is -2.31. The van der Waals surface area contributed by atoms with Gasteiger partial charge in [-0.25, -0.2) is 4.98 Å².